The molecule has 0 unspecified atom stereocenters. The Bertz CT molecular complexity index is 847. The number of piperazine rings is 1. The number of amides is 1. The van der Waals surface area contributed by atoms with Gasteiger partial charge in [0.15, 0.2) is 11.5 Å². The zero-order valence-electron chi connectivity index (χ0n) is 18.3. The number of aromatic nitrogens is 1. The highest BCUT2D eigenvalue weighted by Gasteiger charge is 2.23. The van der Waals surface area contributed by atoms with E-state index in [-0.39, 0.29) is 5.91 Å². The summed E-state index contributed by atoms with van der Waals surface area (Å²) in [5.74, 6) is 1.77. The van der Waals surface area contributed by atoms with Gasteiger partial charge in [-0.3, -0.25) is 19.6 Å². The molecule has 2 aliphatic heterocycles. The van der Waals surface area contributed by atoms with E-state index in [1.54, 1.807) is 13.3 Å². The highest BCUT2D eigenvalue weighted by atomic mass is 16.5. The number of carbonyl (C=O) groups excluding carboxylic acids is 1. The van der Waals surface area contributed by atoms with Crippen LogP contribution in [0.5, 0.6) is 11.5 Å². The molecule has 0 atom stereocenters. The molecular formula is C24H32N4O3. The molecule has 1 aromatic carbocycles. The molecule has 3 heterocycles. The fraction of sp³-hybridized carbons (Fsp3) is 0.500. The van der Waals surface area contributed by atoms with E-state index in [0.29, 0.717) is 13.2 Å². The first-order valence-electron chi connectivity index (χ1n) is 11.1. The Morgan fingerprint density at radius 3 is 2.45 bits per heavy atom. The Hall–Kier alpha value is -2.64. The molecule has 2 saturated heterocycles. The zero-order chi connectivity index (χ0) is 21.5. The van der Waals surface area contributed by atoms with Gasteiger partial charge in [0.25, 0.3) is 0 Å². The van der Waals surface area contributed by atoms with E-state index in [4.69, 9.17) is 9.47 Å². The van der Waals surface area contributed by atoms with Crippen molar-refractivity contribution in [2.75, 3.05) is 52.9 Å². The van der Waals surface area contributed by atoms with Gasteiger partial charge in [0.2, 0.25) is 5.91 Å². The molecule has 0 radical (unpaired) electrons. The van der Waals surface area contributed by atoms with E-state index in [0.717, 1.165) is 75.7 Å². The largest absolute Gasteiger partial charge is 0.493 e. The molecule has 7 heteroatoms. The van der Waals surface area contributed by atoms with Crippen LogP contribution in [0.3, 0.4) is 0 Å². The van der Waals surface area contributed by atoms with Gasteiger partial charge in [-0.05, 0) is 36.6 Å². The van der Waals surface area contributed by atoms with Crippen molar-refractivity contribution in [2.24, 2.45) is 0 Å². The second-order valence-corrected chi connectivity index (χ2v) is 8.28. The first-order valence-corrected chi connectivity index (χ1v) is 11.1. The summed E-state index contributed by atoms with van der Waals surface area (Å²) < 4.78 is 11.5. The molecule has 0 spiro atoms. The lowest BCUT2D eigenvalue weighted by Gasteiger charge is -2.35. The van der Waals surface area contributed by atoms with Crippen LogP contribution in [0, 0.1) is 0 Å². The average molecular weight is 425 g/mol. The molecular weight excluding hydrogens is 392 g/mol. The second-order valence-electron chi connectivity index (χ2n) is 8.28. The van der Waals surface area contributed by atoms with Crippen LogP contribution in [0.2, 0.25) is 0 Å². The predicted octanol–water partition coefficient (Wildman–Crippen LogP) is 2.41. The lowest BCUT2D eigenvalue weighted by Crippen LogP contribution is -2.49. The molecule has 0 bridgehead atoms. The summed E-state index contributed by atoms with van der Waals surface area (Å²) >= 11 is 0. The third-order valence-electron chi connectivity index (χ3n) is 6.03. The number of pyridine rings is 1. The molecule has 0 N–H and O–H groups in total. The lowest BCUT2D eigenvalue weighted by atomic mass is 10.1. The Morgan fingerprint density at radius 2 is 1.74 bits per heavy atom. The van der Waals surface area contributed by atoms with Gasteiger partial charge < -0.3 is 14.4 Å². The van der Waals surface area contributed by atoms with Gasteiger partial charge in [-0.1, -0.05) is 12.1 Å². The van der Waals surface area contributed by atoms with Gasteiger partial charge >= 0.3 is 0 Å². The Balaban J connectivity index is 1.28. The molecule has 2 aromatic rings. The summed E-state index contributed by atoms with van der Waals surface area (Å²) in [6.45, 7) is 7.53. The molecule has 1 amide bonds. The van der Waals surface area contributed by atoms with Crippen molar-refractivity contribution in [3.63, 3.8) is 0 Å². The molecule has 2 fully saturated rings. The summed E-state index contributed by atoms with van der Waals surface area (Å²) in [5, 5.41) is 0. The number of likely N-dealkylation sites (tertiary alicyclic amines) is 1. The number of nitrogens with zero attached hydrogens (tertiary/aromatic N) is 4. The highest BCUT2D eigenvalue weighted by Crippen LogP contribution is 2.29. The maximum atomic E-state index is 12.4. The summed E-state index contributed by atoms with van der Waals surface area (Å²) in [6.07, 6.45) is 5.86. The van der Waals surface area contributed by atoms with Gasteiger partial charge in [0.1, 0.15) is 6.61 Å². The fourth-order valence-electron chi connectivity index (χ4n) is 4.20. The maximum Gasteiger partial charge on any atom is 0.236 e. The first-order chi connectivity index (χ1) is 15.2. The fourth-order valence-corrected chi connectivity index (χ4v) is 4.20. The Morgan fingerprint density at radius 1 is 0.968 bits per heavy atom. The van der Waals surface area contributed by atoms with Gasteiger partial charge in [0, 0.05) is 63.8 Å². The number of carbonyl (C=O) groups is 1. The Kier molecular flexibility index (Phi) is 7.38. The zero-order valence-corrected chi connectivity index (χ0v) is 18.3. The quantitative estimate of drug-likeness (QED) is 0.649. The molecule has 4 rings (SSSR count). The van der Waals surface area contributed by atoms with Crippen LogP contribution in [0.1, 0.15) is 24.0 Å². The second kappa shape index (κ2) is 10.6. The lowest BCUT2D eigenvalue weighted by molar-refractivity contribution is -0.131. The van der Waals surface area contributed by atoms with Gasteiger partial charge in [-0.25, -0.2) is 0 Å². The number of rotatable bonds is 8. The van der Waals surface area contributed by atoms with Gasteiger partial charge in [-0.2, -0.15) is 0 Å². The third kappa shape index (κ3) is 5.95. The number of methoxy groups -OCH3 is 1. The number of hydrogen-bond donors (Lipinski definition) is 0. The van der Waals surface area contributed by atoms with Crippen LogP contribution < -0.4 is 9.47 Å². The molecule has 0 saturated carbocycles. The average Bonchev–Trinajstić information content (AvgIpc) is 3.35. The number of hydrogen-bond acceptors (Lipinski definition) is 6. The van der Waals surface area contributed by atoms with Crippen LogP contribution in [-0.2, 0) is 17.9 Å². The van der Waals surface area contributed by atoms with E-state index in [9.17, 15) is 4.79 Å². The van der Waals surface area contributed by atoms with Crippen molar-refractivity contribution in [3.8, 4) is 11.5 Å². The van der Waals surface area contributed by atoms with Crippen molar-refractivity contribution in [1.82, 2.24) is 19.7 Å². The van der Waals surface area contributed by atoms with Crippen molar-refractivity contribution in [1.29, 1.82) is 0 Å². The standard InChI is InChI=1S/C24H32N4O3/c1-30-22-7-6-20(15-23(22)31-19-21-5-4-8-25-16-21)17-26-11-13-27(14-12-26)18-24(29)28-9-2-3-10-28/h4-8,15-16H,2-3,9-14,17-19H2,1H3. The normalized spacial score (nSPS) is 17.6. The minimum Gasteiger partial charge on any atom is -0.493 e. The van der Waals surface area contributed by atoms with Crippen LogP contribution in [-0.4, -0.2) is 78.5 Å². The van der Waals surface area contributed by atoms with Gasteiger partial charge in [0.05, 0.1) is 13.7 Å². The smallest absolute Gasteiger partial charge is 0.236 e. The minimum atomic E-state index is 0.288. The van der Waals surface area contributed by atoms with Crippen molar-refractivity contribution in [2.45, 2.75) is 26.0 Å². The van der Waals surface area contributed by atoms with Gasteiger partial charge in [-0.15, -0.1) is 0 Å². The molecule has 31 heavy (non-hydrogen) atoms. The summed E-state index contributed by atoms with van der Waals surface area (Å²) in [6, 6.07) is 10.0. The Labute approximate surface area is 184 Å². The van der Waals surface area contributed by atoms with Crippen LogP contribution in [0.4, 0.5) is 0 Å². The molecule has 166 valence electrons. The monoisotopic (exact) mass is 424 g/mol. The predicted molar refractivity (Wildman–Crippen MR) is 119 cm³/mol. The minimum absolute atomic E-state index is 0.288. The van der Waals surface area contributed by atoms with Crippen molar-refractivity contribution >= 4 is 5.91 Å². The SMILES string of the molecule is COc1ccc(CN2CCN(CC(=O)N3CCCC3)CC2)cc1OCc1cccnc1. The van der Waals surface area contributed by atoms with E-state index >= 15 is 0 Å². The summed E-state index contributed by atoms with van der Waals surface area (Å²) in [7, 11) is 1.66. The first kappa shape index (κ1) is 21.6. The van der Waals surface area contributed by atoms with E-state index < -0.39 is 0 Å². The highest BCUT2D eigenvalue weighted by molar-refractivity contribution is 5.78. The molecule has 7 nitrogen and oxygen atoms in total. The van der Waals surface area contributed by atoms with Crippen molar-refractivity contribution in [3.05, 3.63) is 53.9 Å². The molecule has 0 aliphatic carbocycles. The van der Waals surface area contributed by atoms with E-state index in [1.807, 2.05) is 29.3 Å². The van der Waals surface area contributed by atoms with Crippen LogP contribution in [0.15, 0.2) is 42.7 Å². The summed E-state index contributed by atoms with van der Waals surface area (Å²) in [4.78, 5) is 23.3. The van der Waals surface area contributed by atoms with E-state index in [1.165, 1.54) is 5.56 Å². The molecule has 2 aliphatic rings. The maximum absolute atomic E-state index is 12.4. The van der Waals surface area contributed by atoms with Crippen LogP contribution in [0.25, 0.3) is 0 Å². The third-order valence-corrected chi connectivity index (χ3v) is 6.03. The number of ether oxygens (including phenoxy) is 2. The number of benzene rings is 1. The summed E-state index contributed by atoms with van der Waals surface area (Å²) in [5.41, 5.74) is 2.22. The van der Waals surface area contributed by atoms with Crippen molar-refractivity contribution < 1.29 is 14.3 Å². The topological polar surface area (TPSA) is 58.1 Å². The van der Waals surface area contributed by atoms with E-state index in [2.05, 4.69) is 26.9 Å². The van der Waals surface area contributed by atoms with Crippen LogP contribution >= 0.6 is 0 Å². The molecule has 1 aromatic heterocycles.